The van der Waals surface area contributed by atoms with Crippen LogP contribution in [0.25, 0.3) is 0 Å². The zero-order valence-corrected chi connectivity index (χ0v) is 17.9. The van der Waals surface area contributed by atoms with Crippen molar-refractivity contribution in [2.45, 2.75) is 12.5 Å². The SMILES string of the molecule is COc1ccc(C2=NN(C(=O)c3cccs3)C(c3cccs3)C2)c(OC)c1OC. The molecule has 3 heterocycles. The fourth-order valence-corrected chi connectivity index (χ4v) is 4.87. The van der Waals surface area contributed by atoms with Crippen LogP contribution in [0.1, 0.15) is 32.6 Å². The Morgan fingerprint density at radius 1 is 1.00 bits per heavy atom. The van der Waals surface area contributed by atoms with Gasteiger partial charge < -0.3 is 14.2 Å². The molecular formula is C21H20N2O4S2. The van der Waals surface area contributed by atoms with Gasteiger partial charge in [0.15, 0.2) is 11.5 Å². The van der Waals surface area contributed by atoms with Gasteiger partial charge in [0.2, 0.25) is 5.75 Å². The van der Waals surface area contributed by atoms with Crippen LogP contribution in [0.3, 0.4) is 0 Å². The lowest BCUT2D eigenvalue weighted by Crippen LogP contribution is -2.25. The van der Waals surface area contributed by atoms with Crippen molar-refractivity contribution < 1.29 is 19.0 Å². The molecule has 150 valence electrons. The van der Waals surface area contributed by atoms with Crippen LogP contribution >= 0.6 is 22.7 Å². The van der Waals surface area contributed by atoms with Crippen molar-refractivity contribution in [3.63, 3.8) is 0 Å². The molecule has 2 aromatic heterocycles. The number of hydrogen-bond acceptors (Lipinski definition) is 7. The van der Waals surface area contributed by atoms with E-state index in [-0.39, 0.29) is 11.9 Å². The van der Waals surface area contributed by atoms with Gasteiger partial charge in [-0.3, -0.25) is 4.79 Å². The Kier molecular flexibility index (Phi) is 5.55. The first kappa shape index (κ1) is 19.5. The molecule has 6 nitrogen and oxygen atoms in total. The highest BCUT2D eigenvalue weighted by molar-refractivity contribution is 7.12. The van der Waals surface area contributed by atoms with Gasteiger partial charge in [-0.15, -0.1) is 22.7 Å². The molecule has 4 rings (SSSR count). The predicted octanol–water partition coefficient (Wildman–Crippen LogP) is 4.83. The molecule has 29 heavy (non-hydrogen) atoms. The molecule has 0 fully saturated rings. The van der Waals surface area contributed by atoms with Gasteiger partial charge in [-0.2, -0.15) is 5.10 Å². The highest BCUT2D eigenvalue weighted by Gasteiger charge is 2.36. The van der Waals surface area contributed by atoms with Crippen LogP contribution in [-0.2, 0) is 0 Å². The first-order valence-electron chi connectivity index (χ1n) is 8.95. The molecule has 0 aliphatic carbocycles. The van der Waals surface area contributed by atoms with Crippen molar-refractivity contribution >= 4 is 34.3 Å². The fourth-order valence-electron chi connectivity index (χ4n) is 3.40. The lowest BCUT2D eigenvalue weighted by atomic mass is 10.0. The highest BCUT2D eigenvalue weighted by atomic mass is 32.1. The van der Waals surface area contributed by atoms with E-state index < -0.39 is 0 Å². The van der Waals surface area contributed by atoms with E-state index in [0.717, 1.165) is 16.2 Å². The molecule has 0 bridgehead atoms. The summed E-state index contributed by atoms with van der Waals surface area (Å²) in [6.45, 7) is 0. The second kappa shape index (κ2) is 8.26. The number of thiophene rings is 2. The average Bonchev–Trinajstić information content (AvgIpc) is 3.52. The minimum absolute atomic E-state index is 0.104. The number of benzene rings is 1. The molecule has 1 aromatic carbocycles. The smallest absolute Gasteiger partial charge is 0.284 e. The minimum atomic E-state index is -0.155. The van der Waals surface area contributed by atoms with Crippen molar-refractivity contribution in [2.24, 2.45) is 5.10 Å². The van der Waals surface area contributed by atoms with E-state index in [1.54, 1.807) is 37.7 Å². The van der Waals surface area contributed by atoms with E-state index >= 15 is 0 Å². The lowest BCUT2D eigenvalue weighted by Gasteiger charge is -2.19. The number of carbonyl (C=O) groups excluding carboxylic acids is 1. The Hall–Kier alpha value is -2.84. The van der Waals surface area contributed by atoms with E-state index in [9.17, 15) is 4.79 Å². The van der Waals surface area contributed by atoms with Crippen molar-refractivity contribution in [2.75, 3.05) is 21.3 Å². The zero-order valence-electron chi connectivity index (χ0n) is 16.2. The molecular weight excluding hydrogens is 408 g/mol. The van der Waals surface area contributed by atoms with Gasteiger partial charge in [0.25, 0.3) is 5.91 Å². The van der Waals surface area contributed by atoms with E-state index in [4.69, 9.17) is 19.3 Å². The first-order valence-corrected chi connectivity index (χ1v) is 10.7. The van der Waals surface area contributed by atoms with Gasteiger partial charge in [0.05, 0.1) is 38.0 Å². The van der Waals surface area contributed by atoms with Crippen LogP contribution in [0.4, 0.5) is 0 Å². The van der Waals surface area contributed by atoms with Gasteiger partial charge in [-0.25, -0.2) is 5.01 Å². The molecule has 1 aliphatic rings. The standard InChI is InChI=1S/C21H20N2O4S2/c1-25-16-9-8-13(19(26-2)20(16)27-3)14-12-15(17-6-4-10-28-17)23(22-14)21(24)18-7-5-11-29-18/h4-11,15H,12H2,1-3H3. The summed E-state index contributed by atoms with van der Waals surface area (Å²) in [5.74, 6) is 1.52. The van der Waals surface area contributed by atoms with Gasteiger partial charge in [0, 0.05) is 16.9 Å². The van der Waals surface area contributed by atoms with Crippen LogP contribution in [0.2, 0.25) is 0 Å². The topological polar surface area (TPSA) is 60.4 Å². The van der Waals surface area contributed by atoms with Crippen LogP contribution in [0.15, 0.2) is 52.3 Å². The van der Waals surface area contributed by atoms with Crippen LogP contribution in [-0.4, -0.2) is 38.0 Å². The van der Waals surface area contributed by atoms with Gasteiger partial charge in [-0.05, 0) is 35.0 Å². The van der Waals surface area contributed by atoms with E-state index in [0.29, 0.717) is 28.5 Å². The highest BCUT2D eigenvalue weighted by Crippen LogP contribution is 2.43. The van der Waals surface area contributed by atoms with Crippen LogP contribution in [0.5, 0.6) is 17.2 Å². The first-order chi connectivity index (χ1) is 14.2. The molecule has 1 aliphatic heterocycles. The number of hydrogen-bond donors (Lipinski definition) is 0. The number of ether oxygens (including phenoxy) is 3. The molecule has 0 saturated heterocycles. The number of nitrogens with zero attached hydrogens (tertiary/aromatic N) is 2. The van der Waals surface area contributed by atoms with Crippen LogP contribution < -0.4 is 14.2 Å². The normalized spacial score (nSPS) is 15.9. The van der Waals surface area contributed by atoms with E-state index in [1.165, 1.54) is 11.3 Å². The molecule has 3 aromatic rings. The fraction of sp³-hybridized carbons (Fsp3) is 0.238. The quantitative estimate of drug-likeness (QED) is 0.564. The zero-order chi connectivity index (χ0) is 20.4. The molecule has 1 atom stereocenters. The largest absolute Gasteiger partial charge is 0.493 e. The maximum atomic E-state index is 13.1. The Labute approximate surface area is 177 Å². The number of rotatable bonds is 6. The summed E-state index contributed by atoms with van der Waals surface area (Å²) in [7, 11) is 4.74. The number of amides is 1. The number of hydrazone groups is 1. The van der Waals surface area contributed by atoms with Crippen LogP contribution in [0, 0.1) is 0 Å². The van der Waals surface area contributed by atoms with E-state index in [2.05, 4.69) is 0 Å². The van der Waals surface area contributed by atoms with E-state index in [1.807, 2.05) is 47.2 Å². The maximum absolute atomic E-state index is 13.1. The van der Waals surface area contributed by atoms with Gasteiger partial charge in [0.1, 0.15) is 0 Å². The number of methoxy groups -OCH3 is 3. The number of carbonyl (C=O) groups is 1. The monoisotopic (exact) mass is 428 g/mol. The third-order valence-corrected chi connectivity index (χ3v) is 6.57. The average molecular weight is 429 g/mol. The molecule has 8 heteroatoms. The van der Waals surface area contributed by atoms with Gasteiger partial charge >= 0.3 is 0 Å². The summed E-state index contributed by atoms with van der Waals surface area (Å²) in [5.41, 5.74) is 1.55. The second-order valence-electron chi connectivity index (χ2n) is 6.29. The van der Waals surface area contributed by atoms with Crippen molar-refractivity contribution in [1.29, 1.82) is 0 Å². The summed E-state index contributed by atoms with van der Waals surface area (Å²) in [6, 6.07) is 11.3. The third kappa shape index (κ3) is 3.49. The minimum Gasteiger partial charge on any atom is -0.493 e. The molecule has 1 unspecified atom stereocenters. The molecule has 0 N–H and O–H groups in total. The second-order valence-corrected chi connectivity index (χ2v) is 8.22. The Morgan fingerprint density at radius 3 is 2.38 bits per heavy atom. The summed E-state index contributed by atoms with van der Waals surface area (Å²) in [4.78, 5) is 14.9. The molecule has 0 saturated carbocycles. The van der Waals surface area contributed by atoms with Crippen molar-refractivity contribution in [3.05, 3.63) is 62.5 Å². The third-order valence-electron chi connectivity index (χ3n) is 4.74. The Bertz CT molecular complexity index is 1030. The summed E-state index contributed by atoms with van der Waals surface area (Å²) >= 11 is 3.03. The van der Waals surface area contributed by atoms with Crippen molar-refractivity contribution in [1.82, 2.24) is 5.01 Å². The summed E-state index contributed by atoms with van der Waals surface area (Å²) in [5, 5.41) is 10.2. The molecule has 1 amide bonds. The predicted molar refractivity (Wildman–Crippen MR) is 115 cm³/mol. The maximum Gasteiger partial charge on any atom is 0.284 e. The molecule has 0 spiro atoms. The van der Waals surface area contributed by atoms with Crippen molar-refractivity contribution in [3.8, 4) is 17.2 Å². The summed E-state index contributed by atoms with van der Waals surface area (Å²) < 4.78 is 16.5. The Morgan fingerprint density at radius 2 is 1.76 bits per heavy atom. The Balaban J connectivity index is 1.78. The summed E-state index contributed by atoms with van der Waals surface area (Å²) in [6.07, 6.45) is 0.587. The molecule has 0 radical (unpaired) electrons. The van der Waals surface area contributed by atoms with Gasteiger partial charge in [-0.1, -0.05) is 12.1 Å². The lowest BCUT2D eigenvalue weighted by molar-refractivity contribution is 0.0719.